The molecule has 2 aromatic carbocycles. The molecular formula is C23H24O6. The Balaban J connectivity index is 1.53. The number of hydrogen-bond acceptors (Lipinski definition) is 5. The van der Waals surface area contributed by atoms with Gasteiger partial charge in [0.1, 0.15) is 17.3 Å². The molecule has 0 aliphatic heterocycles. The SMILES string of the molecule is C=C(OC1CCC(C(=O)O)CC1)c1ccc(OC(=O)c2ccc(OC)cc2)cc1. The second-order valence-corrected chi connectivity index (χ2v) is 7.00. The maximum atomic E-state index is 12.2. The summed E-state index contributed by atoms with van der Waals surface area (Å²) in [4.78, 5) is 23.3. The average Bonchev–Trinajstić information content (AvgIpc) is 2.74. The van der Waals surface area contributed by atoms with Crippen LogP contribution in [0.1, 0.15) is 41.6 Å². The van der Waals surface area contributed by atoms with Crippen LogP contribution >= 0.6 is 0 Å². The average molecular weight is 396 g/mol. The molecular weight excluding hydrogens is 372 g/mol. The van der Waals surface area contributed by atoms with Gasteiger partial charge in [0.05, 0.1) is 24.7 Å². The number of rotatable bonds is 7. The fourth-order valence-electron chi connectivity index (χ4n) is 3.30. The zero-order valence-electron chi connectivity index (χ0n) is 16.3. The highest BCUT2D eigenvalue weighted by Crippen LogP contribution is 2.30. The van der Waals surface area contributed by atoms with Crippen LogP contribution in [0.4, 0.5) is 0 Å². The van der Waals surface area contributed by atoms with Crippen molar-refractivity contribution in [1.82, 2.24) is 0 Å². The Morgan fingerprint density at radius 1 is 0.897 bits per heavy atom. The van der Waals surface area contributed by atoms with Gasteiger partial charge in [0, 0.05) is 5.56 Å². The molecule has 0 unspecified atom stereocenters. The van der Waals surface area contributed by atoms with Gasteiger partial charge in [-0.1, -0.05) is 6.58 Å². The van der Waals surface area contributed by atoms with Gasteiger partial charge in [0.15, 0.2) is 0 Å². The third-order valence-corrected chi connectivity index (χ3v) is 5.04. The third kappa shape index (κ3) is 5.38. The fourth-order valence-corrected chi connectivity index (χ4v) is 3.30. The molecule has 1 saturated carbocycles. The first-order chi connectivity index (χ1) is 14.0. The van der Waals surface area contributed by atoms with Gasteiger partial charge in [-0.3, -0.25) is 4.79 Å². The Morgan fingerprint density at radius 2 is 1.45 bits per heavy atom. The summed E-state index contributed by atoms with van der Waals surface area (Å²) in [5.41, 5.74) is 1.22. The van der Waals surface area contributed by atoms with E-state index in [4.69, 9.17) is 19.3 Å². The molecule has 0 bridgehead atoms. The van der Waals surface area contributed by atoms with E-state index in [1.54, 1.807) is 55.6 Å². The van der Waals surface area contributed by atoms with Gasteiger partial charge in [0.25, 0.3) is 0 Å². The second-order valence-electron chi connectivity index (χ2n) is 7.00. The van der Waals surface area contributed by atoms with E-state index in [1.807, 2.05) is 0 Å². The topological polar surface area (TPSA) is 82.1 Å². The maximum absolute atomic E-state index is 12.2. The standard InChI is InChI=1S/C23H24O6/c1-15(28-20-13-5-17(6-14-20)22(24)25)16-3-11-21(12-4-16)29-23(26)18-7-9-19(27-2)10-8-18/h3-4,7-12,17,20H,1,5-6,13-14H2,2H3,(H,24,25). The van der Waals surface area contributed by atoms with Gasteiger partial charge < -0.3 is 19.3 Å². The van der Waals surface area contributed by atoms with Crippen LogP contribution in [0.3, 0.4) is 0 Å². The van der Waals surface area contributed by atoms with Crippen molar-refractivity contribution in [2.24, 2.45) is 5.92 Å². The van der Waals surface area contributed by atoms with Crippen LogP contribution in [-0.4, -0.2) is 30.3 Å². The van der Waals surface area contributed by atoms with Gasteiger partial charge in [0.2, 0.25) is 0 Å². The second kappa shape index (κ2) is 9.28. The Labute approximate surface area is 169 Å². The third-order valence-electron chi connectivity index (χ3n) is 5.04. The van der Waals surface area contributed by atoms with E-state index < -0.39 is 11.9 Å². The molecule has 29 heavy (non-hydrogen) atoms. The highest BCUT2D eigenvalue weighted by molar-refractivity contribution is 5.91. The summed E-state index contributed by atoms with van der Waals surface area (Å²) in [7, 11) is 1.56. The summed E-state index contributed by atoms with van der Waals surface area (Å²) in [6, 6.07) is 13.6. The maximum Gasteiger partial charge on any atom is 0.343 e. The van der Waals surface area contributed by atoms with Crippen LogP contribution in [0, 0.1) is 5.92 Å². The number of benzene rings is 2. The Bertz CT molecular complexity index is 861. The highest BCUT2D eigenvalue weighted by atomic mass is 16.5. The molecule has 152 valence electrons. The lowest BCUT2D eigenvalue weighted by molar-refractivity contribution is -0.143. The van der Waals surface area contributed by atoms with Crippen molar-refractivity contribution in [2.75, 3.05) is 7.11 Å². The number of carboxylic acids is 1. The molecule has 0 spiro atoms. The Morgan fingerprint density at radius 3 is 2.00 bits per heavy atom. The molecule has 0 radical (unpaired) electrons. The summed E-state index contributed by atoms with van der Waals surface area (Å²) in [6.07, 6.45) is 2.62. The molecule has 2 aromatic rings. The van der Waals surface area contributed by atoms with Crippen molar-refractivity contribution in [3.63, 3.8) is 0 Å². The molecule has 1 N–H and O–H groups in total. The van der Waals surface area contributed by atoms with Crippen LogP contribution < -0.4 is 9.47 Å². The molecule has 0 amide bonds. The van der Waals surface area contributed by atoms with Gasteiger partial charge in [-0.25, -0.2) is 4.79 Å². The fraction of sp³-hybridized carbons (Fsp3) is 0.304. The molecule has 0 heterocycles. The van der Waals surface area contributed by atoms with E-state index in [-0.39, 0.29) is 12.0 Å². The Hall–Kier alpha value is -3.28. The first-order valence-electron chi connectivity index (χ1n) is 9.51. The van der Waals surface area contributed by atoms with E-state index in [0.29, 0.717) is 48.5 Å². The van der Waals surface area contributed by atoms with Crippen LogP contribution in [0.2, 0.25) is 0 Å². The molecule has 0 aromatic heterocycles. The lowest BCUT2D eigenvalue weighted by Gasteiger charge is -2.27. The molecule has 6 nitrogen and oxygen atoms in total. The predicted molar refractivity (Wildman–Crippen MR) is 108 cm³/mol. The van der Waals surface area contributed by atoms with Crippen molar-refractivity contribution in [3.05, 3.63) is 66.2 Å². The smallest absolute Gasteiger partial charge is 0.343 e. The van der Waals surface area contributed by atoms with E-state index in [0.717, 1.165) is 5.56 Å². The number of esters is 1. The first kappa shape index (κ1) is 20.5. The lowest BCUT2D eigenvalue weighted by atomic mass is 9.87. The van der Waals surface area contributed by atoms with Crippen molar-refractivity contribution in [3.8, 4) is 11.5 Å². The molecule has 3 rings (SSSR count). The van der Waals surface area contributed by atoms with E-state index in [1.165, 1.54) is 0 Å². The normalized spacial score (nSPS) is 18.5. The minimum absolute atomic E-state index is 0.0225. The molecule has 0 atom stereocenters. The van der Waals surface area contributed by atoms with Crippen LogP contribution in [0.15, 0.2) is 55.1 Å². The van der Waals surface area contributed by atoms with Gasteiger partial charge in [-0.2, -0.15) is 0 Å². The van der Waals surface area contributed by atoms with Gasteiger partial charge >= 0.3 is 11.9 Å². The lowest BCUT2D eigenvalue weighted by Crippen LogP contribution is -2.25. The summed E-state index contributed by atoms with van der Waals surface area (Å²) >= 11 is 0. The highest BCUT2D eigenvalue weighted by Gasteiger charge is 2.27. The number of hydrogen-bond donors (Lipinski definition) is 1. The number of carbonyl (C=O) groups is 2. The molecule has 1 aliphatic carbocycles. The zero-order chi connectivity index (χ0) is 20.8. The first-order valence-corrected chi connectivity index (χ1v) is 9.51. The minimum Gasteiger partial charge on any atom is -0.497 e. The minimum atomic E-state index is -0.734. The van der Waals surface area contributed by atoms with Crippen LogP contribution in [-0.2, 0) is 9.53 Å². The van der Waals surface area contributed by atoms with Crippen LogP contribution in [0.25, 0.3) is 5.76 Å². The number of carbonyl (C=O) groups excluding carboxylic acids is 1. The summed E-state index contributed by atoms with van der Waals surface area (Å²) in [5, 5.41) is 9.07. The number of methoxy groups -OCH3 is 1. The van der Waals surface area contributed by atoms with Crippen molar-refractivity contribution >= 4 is 17.7 Å². The van der Waals surface area contributed by atoms with Gasteiger partial charge in [-0.15, -0.1) is 0 Å². The molecule has 1 fully saturated rings. The van der Waals surface area contributed by atoms with Crippen molar-refractivity contribution < 1.29 is 28.9 Å². The molecule has 0 saturated heterocycles. The largest absolute Gasteiger partial charge is 0.497 e. The van der Waals surface area contributed by atoms with E-state index in [2.05, 4.69) is 6.58 Å². The quantitative estimate of drug-likeness (QED) is 0.420. The Kier molecular flexibility index (Phi) is 6.54. The van der Waals surface area contributed by atoms with Crippen LogP contribution in [0.5, 0.6) is 11.5 Å². The summed E-state index contributed by atoms with van der Waals surface area (Å²) in [5.74, 6) is 0.150. The predicted octanol–water partition coefficient (Wildman–Crippen LogP) is 4.55. The molecule has 1 aliphatic rings. The number of carboxylic acid groups (broad SMARTS) is 1. The van der Waals surface area contributed by atoms with E-state index >= 15 is 0 Å². The summed E-state index contributed by atoms with van der Waals surface area (Å²) in [6.45, 7) is 3.97. The monoisotopic (exact) mass is 396 g/mol. The van der Waals surface area contributed by atoms with Crippen molar-refractivity contribution in [2.45, 2.75) is 31.8 Å². The molecule has 6 heteroatoms. The zero-order valence-corrected chi connectivity index (χ0v) is 16.3. The van der Waals surface area contributed by atoms with E-state index in [9.17, 15) is 9.59 Å². The van der Waals surface area contributed by atoms with Gasteiger partial charge in [-0.05, 0) is 74.2 Å². The summed E-state index contributed by atoms with van der Waals surface area (Å²) < 4.78 is 16.4. The number of ether oxygens (including phenoxy) is 3. The van der Waals surface area contributed by atoms with Crippen molar-refractivity contribution in [1.29, 1.82) is 0 Å². The number of aliphatic carboxylic acids is 1.